The molecule has 16 heavy (non-hydrogen) atoms. The number of ether oxygens (including phenoxy) is 1. The Morgan fingerprint density at radius 1 is 1.25 bits per heavy atom. The van der Waals surface area contributed by atoms with Crippen LogP contribution in [0.4, 0.5) is 8.78 Å². The molecule has 1 heterocycles. The van der Waals surface area contributed by atoms with Crippen molar-refractivity contribution in [3.05, 3.63) is 35.4 Å². The molecule has 1 aliphatic rings. The molecule has 1 aliphatic heterocycles. The van der Waals surface area contributed by atoms with E-state index in [2.05, 4.69) is 0 Å². The summed E-state index contributed by atoms with van der Waals surface area (Å²) in [6, 6.07) is 3.14. The average molecular weight is 228 g/mol. The van der Waals surface area contributed by atoms with Gasteiger partial charge < -0.3 is 9.84 Å². The van der Waals surface area contributed by atoms with Crippen LogP contribution in [0.1, 0.15) is 24.5 Å². The molecule has 0 aliphatic carbocycles. The van der Waals surface area contributed by atoms with Crippen LogP contribution in [0.3, 0.4) is 0 Å². The summed E-state index contributed by atoms with van der Waals surface area (Å²) in [5.41, 5.74) is 0.285. The Balaban J connectivity index is 2.15. The van der Waals surface area contributed by atoms with Crippen molar-refractivity contribution in [1.29, 1.82) is 0 Å². The number of halogens is 2. The van der Waals surface area contributed by atoms with Gasteiger partial charge >= 0.3 is 0 Å². The van der Waals surface area contributed by atoms with Gasteiger partial charge in [0.25, 0.3) is 0 Å². The maximum atomic E-state index is 13.0. The number of benzene rings is 1. The van der Waals surface area contributed by atoms with Gasteiger partial charge in [-0.25, -0.2) is 8.78 Å². The maximum Gasteiger partial charge on any atom is 0.126 e. The van der Waals surface area contributed by atoms with E-state index in [1.807, 2.05) is 0 Å². The molecule has 2 unspecified atom stereocenters. The minimum absolute atomic E-state index is 0.0741. The van der Waals surface area contributed by atoms with Gasteiger partial charge in [-0.2, -0.15) is 0 Å². The SMILES string of the molecule is OC(c1cc(F)cc(F)c1)C1CCCOC1. The van der Waals surface area contributed by atoms with Crippen molar-refractivity contribution in [2.45, 2.75) is 18.9 Å². The monoisotopic (exact) mass is 228 g/mol. The summed E-state index contributed by atoms with van der Waals surface area (Å²) in [5, 5.41) is 9.98. The summed E-state index contributed by atoms with van der Waals surface area (Å²) in [7, 11) is 0. The van der Waals surface area contributed by atoms with Crippen molar-refractivity contribution in [2.24, 2.45) is 5.92 Å². The van der Waals surface area contributed by atoms with E-state index in [9.17, 15) is 13.9 Å². The van der Waals surface area contributed by atoms with Gasteiger partial charge in [0.15, 0.2) is 0 Å². The van der Waals surface area contributed by atoms with Gasteiger partial charge in [0.05, 0.1) is 12.7 Å². The Morgan fingerprint density at radius 2 is 1.94 bits per heavy atom. The fourth-order valence-electron chi connectivity index (χ4n) is 2.03. The third-order valence-corrected chi connectivity index (χ3v) is 2.87. The largest absolute Gasteiger partial charge is 0.388 e. The minimum atomic E-state index is -0.856. The Morgan fingerprint density at radius 3 is 2.50 bits per heavy atom. The molecule has 1 aromatic carbocycles. The summed E-state index contributed by atoms with van der Waals surface area (Å²) in [5.74, 6) is -1.40. The molecule has 4 heteroatoms. The van der Waals surface area contributed by atoms with Crippen LogP contribution in [-0.4, -0.2) is 18.3 Å². The normalized spacial score (nSPS) is 23.1. The Hall–Kier alpha value is -1.00. The van der Waals surface area contributed by atoms with Crippen molar-refractivity contribution in [3.63, 3.8) is 0 Å². The zero-order valence-corrected chi connectivity index (χ0v) is 8.83. The standard InChI is InChI=1S/C12H14F2O2/c13-10-4-9(5-11(14)6-10)12(15)8-2-1-3-16-7-8/h4-6,8,12,15H,1-3,7H2. The van der Waals surface area contributed by atoms with Crippen molar-refractivity contribution < 1.29 is 18.6 Å². The Kier molecular flexibility index (Phi) is 3.51. The highest BCUT2D eigenvalue weighted by atomic mass is 19.1. The molecule has 0 radical (unpaired) electrons. The minimum Gasteiger partial charge on any atom is -0.388 e. The zero-order chi connectivity index (χ0) is 11.5. The van der Waals surface area contributed by atoms with E-state index in [1.54, 1.807) is 0 Å². The molecule has 0 saturated carbocycles. The van der Waals surface area contributed by atoms with Crippen LogP contribution in [0.25, 0.3) is 0 Å². The van der Waals surface area contributed by atoms with Gasteiger partial charge in [-0.05, 0) is 30.5 Å². The van der Waals surface area contributed by atoms with E-state index in [0.717, 1.165) is 18.9 Å². The van der Waals surface area contributed by atoms with Crippen molar-refractivity contribution in [1.82, 2.24) is 0 Å². The molecule has 1 fully saturated rings. The van der Waals surface area contributed by atoms with Crippen molar-refractivity contribution in [3.8, 4) is 0 Å². The van der Waals surface area contributed by atoms with Gasteiger partial charge in [0.2, 0.25) is 0 Å². The first-order valence-electron chi connectivity index (χ1n) is 5.38. The first-order valence-corrected chi connectivity index (χ1v) is 5.38. The van der Waals surface area contributed by atoms with E-state index in [-0.39, 0.29) is 11.5 Å². The molecule has 0 aromatic heterocycles. The van der Waals surface area contributed by atoms with E-state index in [1.165, 1.54) is 12.1 Å². The summed E-state index contributed by atoms with van der Waals surface area (Å²) in [6.07, 6.45) is 0.837. The number of aliphatic hydroxyl groups is 1. The predicted molar refractivity (Wildman–Crippen MR) is 54.9 cm³/mol. The molecule has 2 atom stereocenters. The van der Waals surface area contributed by atoms with Crippen LogP contribution in [-0.2, 0) is 4.74 Å². The number of aliphatic hydroxyl groups excluding tert-OH is 1. The number of hydrogen-bond donors (Lipinski definition) is 1. The first kappa shape index (κ1) is 11.5. The van der Waals surface area contributed by atoms with Crippen LogP contribution >= 0.6 is 0 Å². The lowest BCUT2D eigenvalue weighted by Crippen LogP contribution is -2.23. The van der Waals surface area contributed by atoms with E-state index in [0.29, 0.717) is 13.2 Å². The Labute approximate surface area is 92.9 Å². The Bertz CT molecular complexity index is 342. The van der Waals surface area contributed by atoms with Crippen molar-refractivity contribution >= 4 is 0 Å². The molecule has 0 bridgehead atoms. The summed E-state index contributed by atoms with van der Waals surface area (Å²) >= 11 is 0. The lowest BCUT2D eigenvalue weighted by molar-refractivity contribution is -0.0102. The molecule has 2 nitrogen and oxygen atoms in total. The quantitative estimate of drug-likeness (QED) is 0.842. The molecular formula is C12H14F2O2. The molecule has 0 spiro atoms. The summed E-state index contributed by atoms with van der Waals surface area (Å²) in [4.78, 5) is 0. The van der Waals surface area contributed by atoms with Crippen LogP contribution < -0.4 is 0 Å². The third-order valence-electron chi connectivity index (χ3n) is 2.87. The van der Waals surface area contributed by atoms with E-state index < -0.39 is 17.7 Å². The van der Waals surface area contributed by atoms with Gasteiger partial charge in [-0.15, -0.1) is 0 Å². The summed E-state index contributed by atoms with van der Waals surface area (Å²) in [6.45, 7) is 1.14. The first-order chi connectivity index (χ1) is 7.66. The number of hydrogen-bond acceptors (Lipinski definition) is 2. The molecular weight excluding hydrogens is 214 g/mol. The molecule has 1 N–H and O–H groups in total. The van der Waals surface area contributed by atoms with Crippen LogP contribution in [0.2, 0.25) is 0 Å². The molecule has 1 saturated heterocycles. The second-order valence-electron chi connectivity index (χ2n) is 4.12. The third kappa shape index (κ3) is 2.57. The smallest absolute Gasteiger partial charge is 0.126 e. The van der Waals surface area contributed by atoms with Gasteiger partial charge in [-0.1, -0.05) is 0 Å². The summed E-state index contributed by atoms with van der Waals surface area (Å²) < 4.78 is 31.2. The number of rotatable bonds is 2. The highest BCUT2D eigenvalue weighted by molar-refractivity contribution is 5.20. The lowest BCUT2D eigenvalue weighted by atomic mass is 9.91. The second-order valence-corrected chi connectivity index (χ2v) is 4.12. The van der Waals surface area contributed by atoms with Gasteiger partial charge in [0.1, 0.15) is 11.6 Å². The second kappa shape index (κ2) is 4.89. The molecule has 1 aromatic rings. The molecule has 2 rings (SSSR count). The van der Waals surface area contributed by atoms with Crippen molar-refractivity contribution in [2.75, 3.05) is 13.2 Å². The average Bonchev–Trinajstić information content (AvgIpc) is 2.28. The van der Waals surface area contributed by atoms with Crippen LogP contribution in [0, 0.1) is 17.6 Å². The van der Waals surface area contributed by atoms with Crippen LogP contribution in [0.5, 0.6) is 0 Å². The van der Waals surface area contributed by atoms with Gasteiger partial charge in [0, 0.05) is 18.6 Å². The fourth-order valence-corrected chi connectivity index (χ4v) is 2.03. The highest BCUT2D eigenvalue weighted by Gasteiger charge is 2.24. The van der Waals surface area contributed by atoms with Crippen LogP contribution in [0.15, 0.2) is 18.2 Å². The molecule has 88 valence electrons. The highest BCUT2D eigenvalue weighted by Crippen LogP contribution is 2.29. The zero-order valence-electron chi connectivity index (χ0n) is 8.83. The van der Waals surface area contributed by atoms with Gasteiger partial charge in [-0.3, -0.25) is 0 Å². The maximum absolute atomic E-state index is 13.0. The molecule has 0 amide bonds. The predicted octanol–water partition coefficient (Wildman–Crippen LogP) is 2.42. The van der Waals surface area contributed by atoms with E-state index >= 15 is 0 Å². The topological polar surface area (TPSA) is 29.5 Å². The lowest BCUT2D eigenvalue weighted by Gasteiger charge is -2.26. The van der Waals surface area contributed by atoms with E-state index in [4.69, 9.17) is 4.74 Å². The fraction of sp³-hybridized carbons (Fsp3) is 0.500.